The molecule has 6 heteroatoms. The van der Waals surface area contributed by atoms with Crippen LogP contribution in [0.4, 0.5) is 0 Å². The number of guanidine groups is 1. The van der Waals surface area contributed by atoms with Gasteiger partial charge in [-0.2, -0.15) is 0 Å². The van der Waals surface area contributed by atoms with Crippen LogP contribution in [0.1, 0.15) is 43.1 Å². The van der Waals surface area contributed by atoms with E-state index in [0.717, 1.165) is 31.2 Å². The van der Waals surface area contributed by atoms with Crippen LogP contribution in [-0.2, 0) is 6.54 Å². The first-order chi connectivity index (χ1) is 10.9. The van der Waals surface area contributed by atoms with Gasteiger partial charge in [0.05, 0.1) is 6.54 Å². The lowest BCUT2D eigenvalue weighted by atomic mass is 9.93. The number of nitrogens with zero attached hydrogens (tertiary/aromatic N) is 2. The van der Waals surface area contributed by atoms with Crippen molar-refractivity contribution < 1.29 is 4.79 Å². The van der Waals surface area contributed by atoms with Crippen LogP contribution in [0.15, 0.2) is 29.3 Å². The number of rotatable bonds is 4. The van der Waals surface area contributed by atoms with Crippen LogP contribution < -0.4 is 10.6 Å². The molecule has 5 nitrogen and oxygen atoms in total. The highest BCUT2D eigenvalue weighted by atomic mass is 127. The summed E-state index contributed by atoms with van der Waals surface area (Å²) in [5.41, 5.74) is 2.13. The first-order valence-corrected chi connectivity index (χ1v) is 8.29. The second kappa shape index (κ2) is 9.25. The molecule has 2 N–H and O–H groups in total. The first-order valence-electron chi connectivity index (χ1n) is 8.29. The van der Waals surface area contributed by atoms with Gasteiger partial charge in [0.15, 0.2) is 5.96 Å². The van der Waals surface area contributed by atoms with Crippen molar-refractivity contribution in [3.63, 3.8) is 0 Å². The van der Waals surface area contributed by atoms with E-state index in [1.54, 1.807) is 7.05 Å². The SMILES string of the molecule is CCNC(=NCc1ccc(C(=O)NC)cc1)N1CCC(C)(C)C1.I. The molecule has 0 unspecified atom stereocenters. The number of carbonyl (C=O) groups is 1. The van der Waals surface area contributed by atoms with E-state index in [0.29, 0.717) is 17.5 Å². The Morgan fingerprint density at radius 1 is 1.29 bits per heavy atom. The van der Waals surface area contributed by atoms with E-state index in [-0.39, 0.29) is 29.9 Å². The Labute approximate surface area is 162 Å². The van der Waals surface area contributed by atoms with Crippen molar-refractivity contribution in [2.45, 2.75) is 33.7 Å². The summed E-state index contributed by atoms with van der Waals surface area (Å²) in [5.74, 6) is 0.918. The maximum atomic E-state index is 11.6. The normalized spacial score (nSPS) is 16.5. The Bertz CT molecular complexity index is 569. The molecule has 0 spiro atoms. The molecular formula is C18H29IN4O. The topological polar surface area (TPSA) is 56.7 Å². The monoisotopic (exact) mass is 444 g/mol. The van der Waals surface area contributed by atoms with Gasteiger partial charge in [0.1, 0.15) is 0 Å². The van der Waals surface area contributed by atoms with Gasteiger partial charge in [-0.25, -0.2) is 4.99 Å². The molecule has 2 rings (SSSR count). The summed E-state index contributed by atoms with van der Waals surface area (Å²) in [7, 11) is 1.64. The summed E-state index contributed by atoms with van der Waals surface area (Å²) in [4.78, 5) is 18.6. The number of hydrogen-bond acceptors (Lipinski definition) is 2. The number of benzene rings is 1. The van der Waals surface area contributed by atoms with Gasteiger partial charge in [-0.05, 0) is 36.5 Å². The fourth-order valence-electron chi connectivity index (χ4n) is 2.79. The van der Waals surface area contributed by atoms with Gasteiger partial charge in [-0.15, -0.1) is 24.0 Å². The third kappa shape index (κ3) is 5.65. The molecule has 0 saturated carbocycles. The molecule has 0 aromatic heterocycles. The molecule has 0 radical (unpaired) electrons. The molecule has 1 saturated heterocycles. The average Bonchev–Trinajstić information content (AvgIpc) is 2.91. The zero-order chi connectivity index (χ0) is 16.9. The third-order valence-corrected chi connectivity index (χ3v) is 4.17. The smallest absolute Gasteiger partial charge is 0.251 e. The van der Waals surface area contributed by atoms with Crippen molar-refractivity contribution in [3.05, 3.63) is 35.4 Å². The molecule has 0 aliphatic carbocycles. The van der Waals surface area contributed by atoms with Crippen molar-refractivity contribution in [2.24, 2.45) is 10.4 Å². The van der Waals surface area contributed by atoms with E-state index in [9.17, 15) is 4.79 Å². The molecule has 1 aliphatic heterocycles. The minimum Gasteiger partial charge on any atom is -0.357 e. The van der Waals surface area contributed by atoms with Gasteiger partial charge < -0.3 is 15.5 Å². The van der Waals surface area contributed by atoms with Gasteiger partial charge in [0, 0.05) is 32.2 Å². The first kappa shape index (κ1) is 20.7. The third-order valence-electron chi connectivity index (χ3n) is 4.17. The maximum absolute atomic E-state index is 11.6. The Morgan fingerprint density at radius 3 is 2.46 bits per heavy atom. The molecule has 24 heavy (non-hydrogen) atoms. The number of carbonyl (C=O) groups excluding carboxylic acids is 1. The highest BCUT2D eigenvalue weighted by molar-refractivity contribution is 14.0. The van der Waals surface area contributed by atoms with E-state index >= 15 is 0 Å². The fraction of sp³-hybridized carbons (Fsp3) is 0.556. The summed E-state index contributed by atoms with van der Waals surface area (Å²) in [6.45, 7) is 10.3. The van der Waals surface area contributed by atoms with Crippen molar-refractivity contribution >= 4 is 35.8 Å². The predicted molar refractivity (Wildman–Crippen MR) is 110 cm³/mol. The lowest BCUT2D eigenvalue weighted by Crippen LogP contribution is -2.40. The Balaban J connectivity index is 0.00000288. The second-order valence-corrected chi connectivity index (χ2v) is 6.78. The maximum Gasteiger partial charge on any atom is 0.251 e. The van der Waals surface area contributed by atoms with Crippen molar-refractivity contribution in [1.82, 2.24) is 15.5 Å². The Hall–Kier alpha value is -1.31. The predicted octanol–water partition coefficient (Wildman–Crippen LogP) is 2.86. The molecule has 1 aromatic rings. The zero-order valence-electron chi connectivity index (χ0n) is 15.1. The number of nitrogens with one attached hydrogen (secondary N) is 2. The van der Waals surface area contributed by atoms with Crippen LogP contribution in [0, 0.1) is 5.41 Å². The molecule has 1 amide bonds. The van der Waals surface area contributed by atoms with Crippen LogP contribution in [0.2, 0.25) is 0 Å². The molecule has 1 aliphatic rings. The summed E-state index contributed by atoms with van der Waals surface area (Å²) in [5, 5.41) is 6.01. The van der Waals surface area contributed by atoms with Crippen molar-refractivity contribution in [1.29, 1.82) is 0 Å². The average molecular weight is 444 g/mol. The van der Waals surface area contributed by atoms with Gasteiger partial charge in [-0.3, -0.25) is 4.79 Å². The molecule has 1 aromatic carbocycles. The minimum atomic E-state index is -0.0623. The Morgan fingerprint density at radius 2 is 1.96 bits per heavy atom. The van der Waals surface area contributed by atoms with Gasteiger partial charge >= 0.3 is 0 Å². The number of aliphatic imine (C=N–C) groups is 1. The van der Waals surface area contributed by atoms with E-state index in [1.807, 2.05) is 24.3 Å². The number of hydrogen-bond donors (Lipinski definition) is 2. The van der Waals surface area contributed by atoms with Gasteiger partial charge in [0.2, 0.25) is 0 Å². The molecular weight excluding hydrogens is 415 g/mol. The van der Waals surface area contributed by atoms with Crippen molar-refractivity contribution in [3.8, 4) is 0 Å². The van der Waals surface area contributed by atoms with Crippen LogP contribution in [-0.4, -0.2) is 43.4 Å². The highest BCUT2D eigenvalue weighted by Gasteiger charge is 2.30. The van der Waals surface area contributed by atoms with Crippen LogP contribution >= 0.6 is 24.0 Å². The number of amides is 1. The minimum absolute atomic E-state index is 0. The zero-order valence-corrected chi connectivity index (χ0v) is 17.4. The number of likely N-dealkylation sites (tertiary alicyclic amines) is 1. The summed E-state index contributed by atoms with van der Waals surface area (Å²) < 4.78 is 0. The van der Waals surface area contributed by atoms with Crippen molar-refractivity contribution in [2.75, 3.05) is 26.7 Å². The molecule has 0 atom stereocenters. The fourth-order valence-corrected chi connectivity index (χ4v) is 2.79. The van der Waals surface area contributed by atoms with Gasteiger partial charge in [0.25, 0.3) is 5.91 Å². The molecule has 1 heterocycles. The summed E-state index contributed by atoms with van der Waals surface area (Å²) in [6.07, 6.45) is 1.19. The quantitative estimate of drug-likeness (QED) is 0.427. The molecule has 1 fully saturated rings. The summed E-state index contributed by atoms with van der Waals surface area (Å²) in [6, 6.07) is 7.61. The Kier molecular flexibility index (Phi) is 7.99. The van der Waals surface area contributed by atoms with Crippen LogP contribution in [0.25, 0.3) is 0 Å². The van der Waals surface area contributed by atoms with Crippen LogP contribution in [0.3, 0.4) is 0 Å². The van der Waals surface area contributed by atoms with E-state index in [4.69, 9.17) is 4.99 Å². The van der Waals surface area contributed by atoms with Gasteiger partial charge in [-0.1, -0.05) is 26.0 Å². The van der Waals surface area contributed by atoms with E-state index in [1.165, 1.54) is 6.42 Å². The van der Waals surface area contributed by atoms with Crippen LogP contribution in [0.5, 0.6) is 0 Å². The molecule has 134 valence electrons. The largest absolute Gasteiger partial charge is 0.357 e. The number of halogens is 1. The summed E-state index contributed by atoms with van der Waals surface area (Å²) >= 11 is 0. The van der Waals surface area contributed by atoms with E-state index < -0.39 is 0 Å². The standard InChI is InChI=1S/C18H28N4O.HI/c1-5-20-17(22-11-10-18(2,3)13-22)21-12-14-6-8-15(9-7-14)16(23)19-4;/h6-9H,5,10-13H2,1-4H3,(H,19,23)(H,20,21);1H. The lowest BCUT2D eigenvalue weighted by Gasteiger charge is -2.23. The highest BCUT2D eigenvalue weighted by Crippen LogP contribution is 2.28. The second-order valence-electron chi connectivity index (χ2n) is 6.78. The lowest BCUT2D eigenvalue weighted by molar-refractivity contribution is 0.0963. The van der Waals surface area contributed by atoms with E-state index in [2.05, 4.69) is 36.3 Å². The molecule has 0 bridgehead atoms.